The monoisotopic (exact) mass is 364 g/mol. The van der Waals surface area contributed by atoms with Gasteiger partial charge in [-0.15, -0.1) is 0 Å². The fourth-order valence-corrected chi connectivity index (χ4v) is 4.33. The highest BCUT2D eigenvalue weighted by atomic mass is 16.3. The lowest BCUT2D eigenvalue weighted by atomic mass is 9.92. The van der Waals surface area contributed by atoms with Gasteiger partial charge in [-0.25, -0.2) is 0 Å². The third-order valence-electron chi connectivity index (χ3n) is 5.99. The van der Waals surface area contributed by atoms with Crippen LogP contribution in [-0.4, -0.2) is 47.0 Å². The van der Waals surface area contributed by atoms with Crippen molar-refractivity contribution in [2.45, 2.75) is 31.9 Å². The first-order valence-electron chi connectivity index (χ1n) is 10.0. The standard InChI is InChI=1S/C23H28N2O2/c26-22(19-7-2-1-3-8-19)17-24-13-10-20(11-14-24)23(27)25-15-12-18-6-4-5-9-21(18)16-25/h1-9,20,22,26H,10-17H2. The Balaban J connectivity index is 1.28. The van der Waals surface area contributed by atoms with E-state index in [-0.39, 0.29) is 5.92 Å². The van der Waals surface area contributed by atoms with Crippen LogP contribution in [0.2, 0.25) is 0 Å². The molecule has 1 amide bonds. The first kappa shape index (κ1) is 18.2. The van der Waals surface area contributed by atoms with Crippen LogP contribution < -0.4 is 0 Å². The molecule has 4 rings (SSSR count). The van der Waals surface area contributed by atoms with Crippen molar-refractivity contribution >= 4 is 5.91 Å². The first-order chi connectivity index (χ1) is 13.2. The zero-order chi connectivity index (χ0) is 18.6. The molecule has 0 radical (unpaired) electrons. The minimum atomic E-state index is -0.461. The maximum Gasteiger partial charge on any atom is 0.226 e. The Morgan fingerprint density at radius 1 is 0.963 bits per heavy atom. The molecule has 1 fully saturated rings. The number of likely N-dealkylation sites (tertiary alicyclic amines) is 1. The molecule has 27 heavy (non-hydrogen) atoms. The predicted molar refractivity (Wildman–Crippen MR) is 106 cm³/mol. The van der Waals surface area contributed by atoms with Crippen LogP contribution in [0.25, 0.3) is 0 Å². The molecule has 2 aromatic rings. The van der Waals surface area contributed by atoms with Crippen LogP contribution in [0.3, 0.4) is 0 Å². The number of carbonyl (C=O) groups excluding carboxylic acids is 1. The average molecular weight is 364 g/mol. The van der Waals surface area contributed by atoms with Crippen LogP contribution in [0.5, 0.6) is 0 Å². The summed E-state index contributed by atoms with van der Waals surface area (Å²) in [5, 5.41) is 10.4. The van der Waals surface area contributed by atoms with Crippen molar-refractivity contribution < 1.29 is 9.90 Å². The molecule has 2 aromatic carbocycles. The maximum absolute atomic E-state index is 13.0. The Morgan fingerprint density at radius 2 is 1.63 bits per heavy atom. The van der Waals surface area contributed by atoms with E-state index in [9.17, 15) is 9.90 Å². The van der Waals surface area contributed by atoms with Gasteiger partial charge in [-0.1, -0.05) is 54.6 Å². The first-order valence-corrected chi connectivity index (χ1v) is 10.0. The summed E-state index contributed by atoms with van der Waals surface area (Å²) in [7, 11) is 0. The highest BCUT2D eigenvalue weighted by Gasteiger charge is 2.30. The van der Waals surface area contributed by atoms with Crippen LogP contribution in [0.4, 0.5) is 0 Å². The van der Waals surface area contributed by atoms with E-state index in [1.165, 1.54) is 11.1 Å². The second-order valence-electron chi connectivity index (χ2n) is 7.78. The summed E-state index contributed by atoms with van der Waals surface area (Å²) in [5.41, 5.74) is 3.63. The van der Waals surface area contributed by atoms with Gasteiger partial charge >= 0.3 is 0 Å². The molecule has 0 aromatic heterocycles. The molecule has 142 valence electrons. The quantitative estimate of drug-likeness (QED) is 0.907. The molecule has 0 spiro atoms. The van der Waals surface area contributed by atoms with E-state index in [0.717, 1.165) is 51.0 Å². The van der Waals surface area contributed by atoms with Crippen LogP contribution >= 0.6 is 0 Å². The third kappa shape index (κ3) is 4.23. The summed E-state index contributed by atoms with van der Waals surface area (Å²) >= 11 is 0. The molecular formula is C23H28N2O2. The lowest BCUT2D eigenvalue weighted by Crippen LogP contribution is -2.45. The van der Waals surface area contributed by atoms with Crippen molar-refractivity contribution in [2.75, 3.05) is 26.2 Å². The lowest BCUT2D eigenvalue weighted by Gasteiger charge is -2.36. The van der Waals surface area contributed by atoms with Crippen molar-refractivity contribution in [2.24, 2.45) is 5.92 Å². The maximum atomic E-state index is 13.0. The highest BCUT2D eigenvalue weighted by Crippen LogP contribution is 2.25. The van der Waals surface area contributed by atoms with E-state index in [4.69, 9.17) is 0 Å². The van der Waals surface area contributed by atoms with Crippen molar-refractivity contribution in [1.29, 1.82) is 0 Å². The summed E-state index contributed by atoms with van der Waals surface area (Å²) in [5.74, 6) is 0.438. The topological polar surface area (TPSA) is 43.8 Å². The Labute approximate surface area is 161 Å². The largest absolute Gasteiger partial charge is 0.387 e. The predicted octanol–water partition coefficient (Wildman–Crippen LogP) is 3.02. The number of piperidine rings is 1. The third-order valence-corrected chi connectivity index (χ3v) is 5.99. The van der Waals surface area contributed by atoms with Crippen molar-refractivity contribution in [1.82, 2.24) is 9.80 Å². The Bertz CT molecular complexity index is 769. The van der Waals surface area contributed by atoms with Gasteiger partial charge in [-0.05, 0) is 49.0 Å². The molecule has 1 atom stereocenters. The average Bonchev–Trinajstić information content (AvgIpc) is 2.74. The number of rotatable bonds is 4. The number of benzene rings is 2. The van der Waals surface area contributed by atoms with E-state index in [1.807, 2.05) is 35.2 Å². The molecule has 1 saturated heterocycles. The minimum absolute atomic E-state index is 0.125. The Hall–Kier alpha value is -2.17. The van der Waals surface area contributed by atoms with Gasteiger partial charge in [-0.3, -0.25) is 4.79 Å². The van der Waals surface area contributed by atoms with E-state index < -0.39 is 6.10 Å². The van der Waals surface area contributed by atoms with E-state index in [2.05, 4.69) is 29.2 Å². The van der Waals surface area contributed by atoms with Crippen LogP contribution in [-0.2, 0) is 17.8 Å². The SMILES string of the molecule is O=C(C1CCN(CC(O)c2ccccc2)CC1)N1CCc2ccccc2C1. The Morgan fingerprint density at radius 3 is 2.37 bits per heavy atom. The molecule has 4 nitrogen and oxygen atoms in total. The molecule has 2 heterocycles. The van der Waals surface area contributed by atoms with E-state index >= 15 is 0 Å². The summed E-state index contributed by atoms with van der Waals surface area (Å²) in [4.78, 5) is 17.3. The number of carbonyl (C=O) groups is 1. The fraction of sp³-hybridized carbons (Fsp3) is 0.435. The van der Waals surface area contributed by atoms with Crippen molar-refractivity contribution in [3.63, 3.8) is 0 Å². The van der Waals surface area contributed by atoms with Crippen LogP contribution in [0.15, 0.2) is 54.6 Å². The number of hydrogen-bond donors (Lipinski definition) is 1. The number of hydrogen-bond acceptors (Lipinski definition) is 3. The molecule has 0 saturated carbocycles. The number of β-amino-alcohol motifs (C(OH)–C–C–N with tert-alkyl or cyclic N) is 1. The molecule has 1 unspecified atom stereocenters. The van der Waals surface area contributed by atoms with Crippen LogP contribution in [0.1, 0.15) is 35.6 Å². The molecule has 1 N–H and O–H groups in total. The highest BCUT2D eigenvalue weighted by molar-refractivity contribution is 5.79. The second kappa shape index (κ2) is 8.24. The van der Waals surface area contributed by atoms with Gasteiger partial charge in [0.25, 0.3) is 0 Å². The smallest absolute Gasteiger partial charge is 0.226 e. The fourth-order valence-electron chi connectivity index (χ4n) is 4.33. The zero-order valence-corrected chi connectivity index (χ0v) is 15.8. The molecular weight excluding hydrogens is 336 g/mol. The summed E-state index contributed by atoms with van der Waals surface area (Å²) in [6.45, 7) is 3.99. The number of aliphatic hydroxyl groups excluding tert-OH is 1. The number of fused-ring (bicyclic) bond motifs is 1. The summed E-state index contributed by atoms with van der Waals surface area (Å²) in [6, 6.07) is 18.3. The van der Waals surface area contributed by atoms with Gasteiger partial charge in [0.2, 0.25) is 5.91 Å². The lowest BCUT2D eigenvalue weighted by molar-refractivity contribution is -0.138. The van der Waals surface area contributed by atoms with E-state index in [1.54, 1.807) is 0 Å². The number of aliphatic hydroxyl groups is 1. The number of nitrogens with zero attached hydrogens (tertiary/aromatic N) is 2. The number of amides is 1. The molecule has 4 heteroatoms. The van der Waals surface area contributed by atoms with Crippen molar-refractivity contribution in [3.05, 3.63) is 71.3 Å². The minimum Gasteiger partial charge on any atom is -0.387 e. The molecule has 0 bridgehead atoms. The summed E-state index contributed by atoms with van der Waals surface area (Å²) < 4.78 is 0. The van der Waals surface area contributed by atoms with Gasteiger partial charge < -0.3 is 14.9 Å². The molecule has 2 aliphatic rings. The van der Waals surface area contributed by atoms with Gasteiger partial charge in [0.1, 0.15) is 0 Å². The summed E-state index contributed by atoms with van der Waals surface area (Å²) in [6.07, 6.45) is 2.28. The van der Waals surface area contributed by atoms with Crippen molar-refractivity contribution in [3.8, 4) is 0 Å². The zero-order valence-electron chi connectivity index (χ0n) is 15.8. The second-order valence-corrected chi connectivity index (χ2v) is 7.78. The van der Waals surface area contributed by atoms with Gasteiger partial charge in [0.15, 0.2) is 0 Å². The van der Waals surface area contributed by atoms with Gasteiger partial charge in [-0.2, -0.15) is 0 Å². The van der Waals surface area contributed by atoms with Gasteiger partial charge in [0.05, 0.1) is 6.10 Å². The van der Waals surface area contributed by atoms with E-state index in [0.29, 0.717) is 12.5 Å². The normalized spacial score (nSPS) is 19.5. The Kier molecular flexibility index (Phi) is 5.55. The molecule has 0 aliphatic carbocycles. The van der Waals surface area contributed by atoms with Gasteiger partial charge in [0, 0.05) is 25.6 Å². The molecule has 2 aliphatic heterocycles. The van der Waals surface area contributed by atoms with Crippen LogP contribution in [0, 0.1) is 5.92 Å².